The highest BCUT2D eigenvalue weighted by atomic mass is 19.1. The molecule has 6 nitrogen and oxygen atoms in total. The van der Waals surface area contributed by atoms with Gasteiger partial charge < -0.3 is 14.4 Å². The van der Waals surface area contributed by atoms with Crippen molar-refractivity contribution in [2.24, 2.45) is 0 Å². The molecule has 0 radical (unpaired) electrons. The Kier molecular flexibility index (Phi) is 6.19. The Morgan fingerprint density at radius 3 is 2.56 bits per heavy atom. The molecular weight excluding hydrogens is 411 g/mol. The zero-order valence-corrected chi connectivity index (χ0v) is 17.3. The minimum absolute atomic E-state index is 0.00177. The minimum Gasteiger partial charge on any atom is -0.477 e. The minimum atomic E-state index is -1.13. The molecule has 1 aromatic heterocycles. The first-order chi connectivity index (χ1) is 15.5. The van der Waals surface area contributed by atoms with Gasteiger partial charge in [0.2, 0.25) is 0 Å². The van der Waals surface area contributed by atoms with Gasteiger partial charge in [-0.2, -0.15) is 0 Å². The van der Waals surface area contributed by atoms with E-state index in [1.165, 1.54) is 22.8 Å². The number of carboxylic acids is 1. The van der Waals surface area contributed by atoms with Crippen molar-refractivity contribution in [2.75, 3.05) is 6.61 Å². The highest BCUT2D eigenvalue weighted by Gasteiger charge is 2.15. The number of hydrogen-bond acceptors (Lipinski definition) is 4. The van der Waals surface area contributed by atoms with Crippen LogP contribution in [0.15, 0.2) is 78.9 Å². The van der Waals surface area contributed by atoms with E-state index in [0.717, 1.165) is 0 Å². The molecule has 0 saturated carbocycles. The number of aromatic carboxylic acids is 1. The number of aromatic nitrogens is 1. The SMILES string of the molecule is CCONC(=Cn1c(C(=O)O)cc2cc(F)ccc21)c1cccc(Oc2ccccc2)c1. The van der Waals surface area contributed by atoms with Crippen LogP contribution in [-0.4, -0.2) is 22.2 Å². The Hall–Kier alpha value is -4.10. The number of nitrogens with zero attached hydrogens (tertiary/aromatic N) is 1. The van der Waals surface area contributed by atoms with Gasteiger partial charge in [0.05, 0.1) is 17.8 Å². The van der Waals surface area contributed by atoms with Crippen molar-refractivity contribution >= 4 is 28.8 Å². The molecular formula is C25H21FN2O4. The van der Waals surface area contributed by atoms with Crippen LogP contribution in [0.4, 0.5) is 4.39 Å². The van der Waals surface area contributed by atoms with Crippen LogP contribution in [0.2, 0.25) is 0 Å². The zero-order chi connectivity index (χ0) is 22.5. The lowest BCUT2D eigenvalue weighted by Crippen LogP contribution is -2.14. The summed E-state index contributed by atoms with van der Waals surface area (Å²) < 4.78 is 21.1. The fourth-order valence-corrected chi connectivity index (χ4v) is 3.30. The monoisotopic (exact) mass is 432 g/mol. The van der Waals surface area contributed by atoms with E-state index in [9.17, 15) is 14.3 Å². The second-order valence-electron chi connectivity index (χ2n) is 6.93. The van der Waals surface area contributed by atoms with Crippen LogP contribution in [0.25, 0.3) is 22.8 Å². The molecule has 0 bridgehead atoms. The van der Waals surface area contributed by atoms with Crippen LogP contribution < -0.4 is 10.2 Å². The molecule has 2 N–H and O–H groups in total. The van der Waals surface area contributed by atoms with Gasteiger partial charge in [-0.25, -0.2) is 9.18 Å². The van der Waals surface area contributed by atoms with Crippen LogP contribution in [0, 0.1) is 5.82 Å². The lowest BCUT2D eigenvalue weighted by atomic mass is 10.1. The van der Waals surface area contributed by atoms with Crippen molar-refractivity contribution in [2.45, 2.75) is 6.92 Å². The maximum absolute atomic E-state index is 13.7. The van der Waals surface area contributed by atoms with Crippen molar-refractivity contribution < 1.29 is 23.9 Å². The Morgan fingerprint density at radius 1 is 1.03 bits per heavy atom. The first-order valence-electron chi connectivity index (χ1n) is 10.0. The van der Waals surface area contributed by atoms with Crippen LogP contribution in [0.3, 0.4) is 0 Å². The predicted molar refractivity (Wildman–Crippen MR) is 121 cm³/mol. The van der Waals surface area contributed by atoms with Crippen molar-refractivity contribution in [1.29, 1.82) is 0 Å². The van der Waals surface area contributed by atoms with Crippen molar-refractivity contribution in [3.05, 3.63) is 95.9 Å². The number of fused-ring (bicyclic) bond motifs is 1. The fraction of sp³-hybridized carbons (Fsp3) is 0.0800. The third-order valence-corrected chi connectivity index (χ3v) is 4.73. The lowest BCUT2D eigenvalue weighted by molar-refractivity contribution is 0.0689. The molecule has 0 unspecified atom stereocenters. The van der Waals surface area contributed by atoms with Gasteiger partial charge in [0.25, 0.3) is 0 Å². The number of nitrogens with one attached hydrogen (secondary N) is 1. The number of para-hydroxylation sites is 1. The number of carboxylic acid groups (broad SMARTS) is 1. The van der Waals surface area contributed by atoms with Crippen molar-refractivity contribution in [1.82, 2.24) is 10.0 Å². The number of rotatable bonds is 8. The summed E-state index contributed by atoms with van der Waals surface area (Å²) in [6.45, 7) is 2.22. The molecule has 0 aliphatic heterocycles. The van der Waals surface area contributed by atoms with Crippen molar-refractivity contribution in [3.63, 3.8) is 0 Å². The molecule has 32 heavy (non-hydrogen) atoms. The summed E-state index contributed by atoms with van der Waals surface area (Å²) >= 11 is 0. The van der Waals surface area contributed by atoms with Gasteiger partial charge in [-0.1, -0.05) is 30.3 Å². The average Bonchev–Trinajstić information content (AvgIpc) is 3.15. The van der Waals surface area contributed by atoms with Crippen LogP contribution >= 0.6 is 0 Å². The molecule has 0 aliphatic rings. The Labute approximate surface area is 184 Å². The summed E-state index contributed by atoms with van der Waals surface area (Å²) in [6, 6.07) is 22.3. The van der Waals surface area contributed by atoms with Gasteiger partial charge in [0, 0.05) is 17.1 Å². The van der Waals surface area contributed by atoms with Gasteiger partial charge in [-0.15, -0.1) is 0 Å². The summed E-state index contributed by atoms with van der Waals surface area (Å²) in [6.07, 6.45) is 1.61. The molecule has 0 spiro atoms. The fourth-order valence-electron chi connectivity index (χ4n) is 3.30. The van der Waals surface area contributed by atoms with E-state index >= 15 is 0 Å². The van der Waals surface area contributed by atoms with Crippen LogP contribution in [0.5, 0.6) is 11.5 Å². The lowest BCUT2D eigenvalue weighted by Gasteiger charge is -2.14. The molecule has 0 atom stereocenters. The largest absolute Gasteiger partial charge is 0.477 e. The molecule has 7 heteroatoms. The summed E-state index contributed by atoms with van der Waals surface area (Å²) in [5.41, 5.74) is 4.65. The van der Waals surface area contributed by atoms with E-state index in [0.29, 0.717) is 40.3 Å². The quantitative estimate of drug-likeness (QED) is 0.346. The molecule has 0 fully saturated rings. The number of carbonyl (C=O) groups is 1. The molecule has 1 heterocycles. The third-order valence-electron chi connectivity index (χ3n) is 4.73. The predicted octanol–water partition coefficient (Wildman–Crippen LogP) is 5.77. The molecule has 0 aliphatic carbocycles. The topological polar surface area (TPSA) is 72.7 Å². The Bertz CT molecular complexity index is 1280. The summed E-state index contributed by atoms with van der Waals surface area (Å²) in [7, 11) is 0. The van der Waals surface area contributed by atoms with E-state index in [1.807, 2.05) is 61.5 Å². The molecule has 0 amide bonds. The van der Waals surface area contributed by atoms with Gasteiger partial charge in [0.15, 0.2) is 0 Å². The molecule has 0 saturated heterocycles. The summed E-state index contributed by atoms with van der Waals surface area (Å²) in [5.74, 6) is -0.265. The van der Waals surface area contributed by atoms with Gasteiger partial charge in [0.1, 0.15) is 23.0 Å². The maximum Gasteiger partial charge on any atom is 0.352 e. The van der Waals surface area contributed by atoms with Gasteiger partial charge in [-0.05, 0) is 55.5 Å². The Morgan fingerprint density at radius 2 is 1.81 bits per heavy atom. The van der Waals surface area contributed by atoms with E-state index < -0.39 is 11.8 Å². The number of halogens is 1. The Balaban J connectivity index is 1.79. The molecule has 4 rings (SSSR count). The number of ether oxygens (including phenoxy) is 1. The first kappa shape index (κ1) is 21.1. The van der Waals surface area contributed by atoms with E-state index in [1.54, 1.807) is 12.3 Å². The van der Waals surface area contributed by atoms with E-state index in [2.05, 4.69) is 5.48 Å². The van der Waals surface area contributed by atoms with Gasteiger partial charge in [-0.3, -0.25) is 10.3 Å². The zero-order valence-electron chi connectivity index (χ0n) is 17.3. The number of benzene rings is 3. The molecule has 4 aromatic rings. The highest BCUT2D eigenvalue weighted by Crippen LogP contribution is 2.27. The average molecular weight is 432 g/mol. The number of hydroxylamine groups is 1. The molecule has 3 aromatic carbocycles. The van der Waals surface area contributed by atoms with E-state index in [-0.39, 0.29) is 5.69 Å². The van der Waals surface area contributed by atoms with Crippen molar-refractivity contribution in [3.8, 4) is 11.5 Å². The second-order valence-corrected chi connectivity index (χ2v) is 6.93. The summed E-state index contributed by atoms with van der Waals surface area (Å²) in [4.78, 5) is 17.3. The molecule has 162 valence electrons. The first-order valence-corrected chi connectivity index (χ1v) is 10.0. The maximum atomic E-state index is 13.7. The van der Waals surface area contributed by atoms with E-state index in [4.69, 9.17) is 9.57 Å². The highest BCUT2D eigenvalue weighted by molar-refractivity contribution is 5.97. The summed E-state index contributed by atoms with van der Waals surface area (Å²) in [5, 5.41) is 10.2. The second kappa shape index (κ2) is 9.36. The smallest absolute Gasteiger partial charge is 0.352 e. The van der Waals surface area contributed by atoms with Gasteiger partial charge >= 0.3 is 5.97 Å². The van der Waals surface area contributed by atoms with Crippen LogP contribution in [0.1, 0.15) is 23.0 Å². The number of hydrogen-bond donors (Lipinski definition) is 2. The third kappa shape index (κ3) is 4.63. The standard InChI is InChI=1S/C25H21FN2O4/c1-2-31-27-22(17-7-6-10-21(14-17)32-20-8-4-3-5-9-20)16-28-23-12-11-19(26)13-18(23)15-24(28)25(29)30/h3-16,27H,2H2,1H3,(H,29,30). The normalized spacial score (nSPS) is 11.5. The van der Waals surface area contributed by atoms with Crippen LogP contribution in [-0.2, 0) is 4.84 Å².